The summed E-state index contributed by atoms with van der Waals surface area (Å²) in [5.41, 5.74) is 4.14. The van der Waals surface area contributed by atoms with E-state index in [1.54, 1.807) is 17.5 Å². The standard InChI is InChI=1S/C21H25FN4O3S/c22-17-3-1-15(2-4-17)13-19(27)25-7-5-16(6-8-25)21-23-18(14-30-21)20(28)24-26-9-11-29-12-10-26/h1-4,14,16H,5-13H2,(H,24,28). The van der Waals surface area contributed by atoms with Crippen LogP contribution in [0.4, 0.5) is 4.39 Å². The lowest BCUT2D eigenvalue weighted by Crippen LogP contribution is -2.48. The molecule has 3 heterocycles. The van der Waals surface area contributed by atoms with Crippen molar-refractivity contribution in [2.75, 3.05) is 39.4 Å². The van der Waals surface area contributed by atoms with Gasteiger partial charge in [-0.3, -0.25) is 15.0 Å². The highest BCUT2D eigenvalue weighted by Gasteiger charge is 2.26. The maximum Gasteiger partial charge on any atom is 0.285 e. The van der Waals surface area contributed by atoms with Crippen LogP contribution in [0.15, 0.2) is 29.6 Å². The number of aromatic nitrogens is 1. The Morgan fingerprint density at radius 3 is 2.53 bits per heavy atom. The number of likely N-dealkylation sites (tertiary alicyclic amines) is 1. The number of benzene rings is 1. The van der Waals surface area contributed by atoms with E-state index in [4.69, 9.17) is 4.74 Å². The fraction of sp³-hybridized carbons (Fsp3) is 0.476. The molecule has 160 valence electrons. The zero-order valence-corrected chi connectivity index (χ0v) is 17.5. The molecule has 0 atom stereocenters. The van der Waals surface area contributed by atoms with Crippen LogP contribution in [0.25, 0.3) is 0 Å². The van der Waals surface area contributed by atoms with Crippen LogP contribution in [0.1, 0.15) is 39.8 Å². The average molecular weight is 433 g/mol. The molecule has 0 bridgehead atoms. The van der Waals surface area contributed by atoms with Crippen molar-refractivity contribution in [1.82, 2.24) is 20.3 Å². The van der Waals surface area contributed by atoms with Crippen LogP contribution in [-0.2, 0) is 16.0 Å². The lowest BCUT2D eigenvalue weighted by Gasteiger charge is -2.31. The number of amides is 2. The van der Waals surface area contributed by atoms with Gasteiger partial charge in [-0.1, -0.05) is 12.1 Å². The normalized spacial score (nSPS) is 18.4. The van der Waals surface area contributed by atoms with E-state index in [-0.39, 0.29) is 30.0 Å². The predicted octanol–water partition coefficient (Wildman–Crippen LogP) is 2.21. The summed E-state index contributed by atoms with van der Waals surface area (Å²) in [6, 6.07) is 6.06. The van der Waals surface area contributed by atoms with Crippen LogP contribution in [0.5, 0.6) is 0 Å². The summed E-state index contributed by atoms with van der Waals surface area (Å²) in [5.74, 6) is -0.167. The molecule has 1 aromatic heterocycles. The summed E-state index contributed by atoms with van der Waals surface area (Å²) in [7, 11) is 0. The molecule has 0 unspecified atom stereocenters. The lowest BCUT2D eigenvalue weighted by atomic mass is 9.97. The number of halogens is 1. The number of nitrogens with one attached hydrogen (secondary N) is 1. The topological polar surface area (TPSA) is 74.8 Å². The van der Waals surface area contributed by atoms with Gasteiger partial charge in [0.2, 0.25) is 5.91 Å². The monoisotopic (exact) mass is 432 g/mol. The molecule has 1 aromatic carbocycles. The van der Waals surface area contributed by atoms with E-state index >= 15 is 0 Å². The molecule has 0 spiro atoms. The second-order valence-electron chi connectivity index (χ2n) is 7.57. The number of carbonyl (C=O) groups is 2. The Morgan fingerprint density at radius 1 is 1.13 bits per heavy atom. The molecule has 2 saturated heterocycles. The minimum Gasteiger partial charge on any atom is -0.379 e. The van der Waals surface area contributed by atoms with Gasteiger partial charge in [0.05, 0.1) is 24.6 Å². The molecule has 0 saturated carbocycles. The van der Waals surface area contributed by atoms with E-state index < -0.39 is 0 Å². The fourth-order valence-corrected chi connectivity index (χ4v) is 4.69. The summed E-state index contributed by atoms with van der Waals surface area (Å²) in [4.78, 5) is 31.4. The van der Waals surface area contributed by atoms with Crippen molar-refractivity contribution in [3.63, 3.8) is 0 Å². The van der Waals surface area contributed by atoms with Crippen LogP contribution in [0.3, 0.4) is 0 Å². The van der Waals surface area contributed by atoms with E-state index in [1.807, 2.05) is 9.91 Å². The van der Waals surface area contributed by atoms with Gasteiger partial charge in [-0.05, 0) is 30.5 Å². The van der Waals surface area contributed by atoms with Crippen molar-refractivity contribution < 1.29 is 18.7 Å². The number of piperidine rings is 1. The number of hydrogen-bond donors (Lipinski definition) is 1. The van der Waals surface area contributed by atoms with Crippen LogP contribution in [-0.4, -0.2) is 66.1 Å². The van der Waals surface area contributed by atoms with Crippen LogP contribution in [0.2, 0.25) is 0 Å². The van der Waals surface area contributed by atoms with Gasteiger partial charge in [0.15, 0.2) is 0 Å². The number of morpholine rings is 1. The summed E-state index contributed by atoms with van der Waals surface area (Å²) < 4.78 is 18.3. The smallest absolute Gasteiger partial charge is 0.285 e. The second kappa shape index (κ2) is 9.63. The van der Waals surface area contributed by atoms with E-state index in [0.29, 0.717) is 45.1 Å². The number of thiazole rings is 1. The van der Waals surface area contributed by atoms with E-state index in [2.05, 4.69) is 10.4 Å². The Kier molecular flexibility index (Phi) is 6.71. The molecule has 1 N–H and O–H groups in total. The first kappa shape index (κ1) is 20.9. The third-order valence-corrected chi connectivity index (χ3v) is 6.50. The fourth-order valence-electron chi connectivity index (χ4n) is 3.72. The Labute approximate surface area is 178 Å². The Hall–Kier alpha value is -2.36. The lowest BCUT2D eigenvalue weighted by molar-refractivity contribution is -0.131. The molecule has 0 radical (unpaired) electrons. The molecule has 9 heteroatoms. The minimum atomic E-state index is -0.298. The average Bonchev–Trinajstić information content (AvgIpc) is 3.27. The maximum absolute atomic E-state index is 13.0. The molecule has 30 heavy (non-hydrogen) atoms. The van der Waals surface area contributed by atoms with Gasteiger partial charge in [-0.2, -0.15) is 0 Å². The first-order chi connectivity index (χ1) is 14.6. The molecule has 2 aliphatic heterocycles. The maximum atomic E-state index is 13.0. The summed E-state index contributed by atoms with van der Waals surface area (Å²) in [6.45, 7) is 3.90. The largest absolute Gasteiger partial charge is 0.379 e. The van der Waals surface area contributed by atoms with Crippen molar-refractivity contribution >= 4 is 23.2 Å². The number of carbonyl (C=O) groups excluding carboxylic acids is 2. The van der Waals surface area contributed by atoms with Crippen molar-refractivity contribution in [2.24, 2.45) is 0 Å². The van der Waals surface area contributed by atoms with Gasteiger partial charge in [-0.25, -0.2) is 14.4 Å². The third-order valence-electron chi connectivity index (χ3n) is 5.49. The molecule has 2 amide bonds. The number of hydrazine groups is 1. The van der Waals surface area contributed by atoms with E-state index in [9.17, 15) is 14.0 Å². The molecular weight excluding hydrogens is 407 g/mol. The number of hydrogen-bond acceptors (Lipinski definition) is 6. The van der Waals surface area contributed by atoms with Gasteiger partial charge in [0.1, 0.15) is 11.5 Å². The van der Waals surface area contributed by atoms with Crippen molar-refractivity contribution in [1.29, 1.82) is 0 Å². The molecular formula is C21H25FN4O3S. The molecule has 0 aliphatic carbocycles. The number of nitrogens with zero attached hydrogens (tertiary/aromatic N) is 3. The van der Waals surface area contributed by atoms with Crippen LogP contribution in [0, 0.1) is 5.82 Å². The highest BCUT2D eigenvalue weighted by atomic mass is 32.1. The quantitative estimate of drug-likeness (QED) is 0.784. The SMILES string of the molecule is O=C(NN1CCOCC1)c1csc(C2CCN(C(=O)Cc3ccc(F)cc3)CC2)n1. The number of rotatable bonds is 5. The summed E-state index contributed by atoms with van der Waals surface area (Å²) >= 11 is 1.51. The van der Waals surface area contributed by atoms with Gasteiger partial charge < -0.3 is 9.64 Å². The van der Waals surface area contributed by atoms with Crippen molar-refractivity contribution in [2.45, 2.75) is 25.2 Å². The molecule has 4 rings (SSSR count). The Balaban J connectivity index is 1.27. The highest BCUT2D eigenvalue weighted by Crippen LogP contribution is 2.30. The first-order valence-corrected chi connectivity index (χ1v) is 11.1. The molecule has 2 aromatic rings. The summed E-state index contributed by atoms with van der Waals surface area (Å²) in [5, 5.41) is 4.61. The number of ether oxygens (including phenoxy) is 1. The summed E-state index contributed by atoms with van der Waals surface area (Å²) in [6.07, 6.45) is 1.94. The van der Waals surface area contributed by atoms with Crippen LogP contribution < -0.4 is 5.43 Å². The minimum absolute atomic E-state index is 0.0600. The van der Waals surface area contributed by atoms with Crippen LogP contribution >= 0.6 is 11.3 Å². The van der Waals surface area contributed by atoms with E-state index in [1.165, 1.54) is 23.5 Å². The third kappa shape index (κ3) is 5.21. The Morgan fingerprint density at radius 2 is 1.83 bits per heavy atom. The van der Waals surface area contributed by atoms with Gasteiger partial charge in [0.25, 0.3) is 5.91 Å². The van der Waals surface area contributed by atoms with Crippen molar-refractivity contribution in [3.8, 4) is 0 Å². The Bertz CT molecular complexity index is 875. The predicted molar refractivity (Wildman–Crippen MR) is 111 cm³/mol. The second-order valence-corrected chi connectivity index (χ2v) is 8.46. The van der Waals surface area contributed by atoms with Gasteiger partial charge in [-0.15, -0.1) is 11.3 Å². The zero-order valence-electron chi connectivity index (χ0n) is 16.7. The van der Waals surface area contributed by atoms with E-state index in [0.717, 1.165) is 23.4 Å². The van der Waals surface area contributed by atoms with Gasteiger partial charge >= 0.3 is 0 Å². The molecule has 2 fully saturated rings. The molecule has 2 aliphatic rings. The highest BCUT2D eigenvalue weighted by molar-refractivity contribution is 7.09. The zero-order chi connectivity index (χ0) is 20.9. The van der Waals surface area contributed by atoms with Gasteiger partial charge in [0, 0.05) is 37.5 Å². The van der Waals surface area contributed by atoms with Crippen molar-refractivity contribution in [3.05, 3.63) is 51.7 Å². The first-order valence-electron chi connectivity index (χ1n) is 10.2. The molecule has 7 nitrogen and oxygen atoms in total.